The molecule has 20 heavy (non-hydrogen) atoms. The van der Waals surface area contributed by atoms with Gasteiger partial charge in [0.1, 0.15) is 0 Å². The Balaban J connectivity index is 2.94. The monoisotopic (exact) mass is 288 g/mol. The highest BCUT2D eigenvalue weighted by molar-refractivity contribution is 5.68. The zero-order valence-corrected chi connectivity index (χ0v) is 12.8. The molecule has 0 bridgehead atoms. The van der Waals surface area contributed by atoms with Crippen LogP contribution in [0, 0.1) is 0 Å². The lowest BCUT2D eigenvalue weighted by Crippen LogP contribution is -2.36. The van der Waals surface area contributed by atoms with Gasteiger partial charge in [-0.3, -0.25) is 4.79 Å². The molecule has 0 aromatic heterocycles. The molecule has 0 saturated carbocycles. The Kier molecular flexibility index (Phi) is 15.8. The van der Waals surface area contributed by atoms with E-state index in [1.165, 1.54) is 25.7 Å². The van der Waals surface area contributed by atoms with Crippen molar-refractivity contribution in [3.05, 3.63) is 0 Å². The van der Waals surface area contributed by atoms with Gasteiger partial charge in [-0.2, -0.15) is 0 Å². The Bertz CT molecular complexity index is 215. The fraction of sp³-hybridized carbons (Fsp3) is 0.929. The van der Waals surface area contributed by atoms with Crippen LogP contribution in [0.5, 0.6) is 0 Å². The summed E-state index contributed by atoms with van der Waals surface area (Å²) < 4.78 is 0. The zero-order chi connectivity index (χ0) is 14.9. The zero-order valence-electron chi connectivity index (χ0n) is 12.8. The van der Waals surface area contributed by atoms with Crippen molar-refractivity contribution in [1.82, 2.24) is 21.3 Å². The van der Waals surface area contributed by atoms with Gasteiger partial charge in [0, 0.05) is 39.3 Å². The summed E-state index contributed by atoms with van der Waals surface area (Å²) in [6.07, 6.45) is 5.24. The van der Waals surface area contributed by atoms with Gasteiger partial charge in [0.15, 0.2) is 0 Å². The molecule has 0 saturated heterocycles. The smallest absolute Gasteiger partial charge is 0.317 e. The van der Waals surface area contributed by atoms with Gasteiger partial charge in [0.05, 0.1) is 6.54 Å². The minimum absolute atomic E-state index is 0.0316. The highest BCUT2D eigenvalue weighted by Crippen LogP contribution is 1.96. The molecule has 0 heterocycles. The van der Waals surface area contributed by atoms with Crippen molar-refractivity contribution in [2.45, 2.75) is 32.6 Å². The molecule has 6 nitrogen and oxygen atoms in total. The summed E-state index contributed by atoms with van der Waals surface area (Å²) in [5, 5.41) is 21.3. The molecule has 5 N–H and O–H groups in total. The third kappa shape index (κ3) is 17.3. The summed E-state index contributed by atoms with van der Waals surface area (Å²) in [7, 11) is 0. The highest BCUT2D eigenvalue weighted by atomic mass is 16.4. The second-order valence-electron chi connectivity index (χ2n) is 4.88. The van der Waals surface area contributed by atoms with Crippen molar-refractivity contribution in [3.63, 3.8) is 0 Å². The van der Waals surface area contributed by atoms with Crippen molar-refractivity contribution in [2.24, 2.45) is 0 Å². The molecule has 0 amide bonds. The number of unbranched alkanes of at least 4 members (excludes halogenated alkanes) is 3. The average molecular weight is 288 g/mol. The van der Waals surface area contributed by atoms with Gasteiger partial charge in [-0.15, -0.1) is 0 Å². The van der Waals surface area contributed by atoms with Crippen molar-refractivity contribution in [1.29, 1.82) is 0 Å². The number of nitrogens with one attached hydrogen (secondary N) is 4. The summed E-state index contributed by atoms with van der Waals surface area (Å²) in [5.74, 6) is -0.811. The van der Waals surface area contributed by atoms with E-state index in [1.54, 1.807) is 0 Å². The molecule has 0 aliphatic carbocycles. The van der Waals surface area contributed by atoms with Crippen LogP contribution in [0.4, 0.5) is 0 Å². The Morgan fingerprint density at radius 2 is 1.25 bits per heavy atom. The molecule has 0 aromatic carbocycles. The largest absolute Gasteiger partial charge is 0.480 e. The van der Waals surface area contributed by atoms with E-state index in [1.807, 2.05) is 0 Å². The lowest BCUT2D eigenvalue weighted by Gasteiger charge is -2.08. The van der Waals surface area contributed by atoms with Gasteiger partial charge in [-0.25, -0.2) is 0 Å². The van der Waals surface area contributed by atoms with Crippen LogP contribution in [-0.4, -0.2) is 63.4 Å². The number of rotatable bonds is 16. The number of carboxylic acid groups (broad SMARTS) is 1. The van der Waals surface area contributed by atoms with E-state index in [2.05, 4.69) is 28.2 Å². The Labute approximate surface area is 123 Å². The second-order valence-corrected chi connectivity index (χ2v) is 4.88. The summed E-state index contributed by atoms with van der Waals surface area (Å²) in [5.41, 5.74) is 0. The maximum Gasteiger partial charge on any atom is 0.317 e. The molecule has 0 spiro atoms. The molecular weight excluding hydrogens is 256 g/mol. The van der Waals surface area contributed by atoms with E-state index in [4.69, 9.17) is 5.11 Å². The minimum Gasteiger partial charge on any atom is -0.480 e. The molecule has 0 aromatic rings. The SMILES string of the molecule is CCCCCCNCCNCCNCCNCC(=O)O. The topological polar surface area (TPSA) is 85.4 Å². The molecule has 120 valence electrons. The van der Waals surface area contributed by atoms with Crippen LogP contribution >= 0.6 is 0 Å². The maximum atomic E-state index is 10.2. The molecule has 0 rings (SSSR count). The van der Waals surface area contributed by atoms with Crippen LogP contribution in [0.15, 0.2) is 0 Å². The van der Waals surface area contributed by atoms with Crippen molar-refractivity contribution < 1.29 is 9.90 Å². The van der Waals surface area contributed by atoms with E-state index in [0.29, 0.717) is 6.54 Å². The van der Waals surface area contributed by atoms with E-state index in [-0.39, 0.29) is 6.54 Å². The first-order chi connectivity index (χ1) is 9.77. The first-order valence-corrected chi connectivity index (χ1v) is 7.82. The number of hydrogen-bond acceptors (Lipinski definition) is 5. The first kappa shape index (κ1) is 19.3. The van der Waals surface area contributed by atoms with Crippen molar-refractivity contribution in [2.75, 3.05) is 52.4 Å². The highest BCUT2D eigenvalue weighted by Gasteiger charge is 1.94. The molecule has 0 fully saturated rings. The number of carboxylic acids is 1. The van der Waals surface area contributed by atoms with Gasteiger partial charge < -0.3 is 26.4 Å². The van der Waals surface area contributed by atoms with Crippen LogP contribution in [0.2, 0.25) is 0 Å². The van der Waals surface area contributed by atoms with Crippen LogP contribution in [-0.2, 0) is 4.79 Å². The average Bonchev–Trinajstić information content (AvgIpc) is 2.43. The van der Waals surface area contributed by atoms with E-state index < -0.39 is 5.97 Å². The van der Waals surface area contributed by atoms with E-state index in [9.17, 15) is 4.79 Å². The Hall–Kier alpha value is -0.690. The summed E-state index contributed by atoms with van der Waals surface area (Å²) in [4.78, 5) is 10.2. The predicted octanol–water partition coefficient (Wildman–Crippen LogP) is 0.00970. The Morgan fingerprint density at radius 3 is 1.75 bits per heavy atom. The van der Waals surface area contributed by atoms with Crippen LogP contribution in [0.3, 0.4) is 0 Å². The molecule has 0 unspecified atom stereocenters. The normalized spacial score (nSPS) is 10.8. The molecule has 0 aliphatic heterocycles. The third-order valence-electron chi connectivity index (χ3n) is 2.92. The summed E-state index contributed by atoms with van der Waals surface area (Å²) in [6.45, 7) is 8.73. The fourth-order valence-corrected chi connectivity index (χ4v) is 1.78. The predicted molar refractivity (Wildman–Crippen MR) is 83.3 cm³/mol. The Morgan fingerprint density at radius 1 is 0.750 bits per heavy atom. The minimum atomic E-state index is -0.811. The number of hydrogen-bond donors (Lipinski definition) is 5. The third-order valence-corrected chi connectivity index (χ3v) is 2.92. The van der Waals surface area contributed by atoms with Gasteiger partial charge >= 0.3 is 5.97 Å². The molecule has 0 aliphatic rings. The number of carbonyl (C=O) groups is 1. The van der Waals surface area contributed by atoms with E-state index >= 15 is 0 Å². The van der Waals surface area contributed by atoms with Crippen LogP contribution in [0.1, 0.15) is 32.6 Å². The standard InChI is InChI=1S/C14H32N4O2/c1-2-3-4-5-6-15-7-8-16-9-10-17-11-12-18-13-14(19)20/h15-18H,2-13H2,1H3,(H,19,20). The molecule has 6 heteroatoms. The fourth-order valence-electron chi connectivity index (χ4n) is 1.78. The molecular formula is C14H32N4O2. The quantitative estimate of drug-likeness (QED) is 0.257. The molecule has 0 atom stereocenters. The lowest BCUT2D eigenvalue weighted by atomic mass is 10.2. The lowest BCUT2D eigenvalue weighted by molar-refractivity contribution is -0.135. The summed E-state index contributed by atoms with van der Waals surface area (Å²) in [6, 6.07) is 0. The molecule has 0 radical (unpaired) electrons. The van der Waals surface area contributed by atoms with Crippen LogP contribution < -0.4 is 21.3 Å². The van der Waals surface area contributed by atoms with Gasteiger partial charge in [0.25, 0.3) is 0 Å². The van der Waals surface area contributed by atoms with Crippen molar-refractivity contribution >= 4 is 5.97 Å². The number of aliphatic carboxylic acids is 1. The van der Waals surface area contributed by atoms with Gasteiger partial charge in [-0.1, -0.05) is 26.2 Å². The van der Waals surface area contributed by atoms with E-state index in [0.717, 1.165) is 39.3 Å². The van der Waals surface area contributed by atoms with Gasteiger partial charge in [0.2, 0.25) is 0 Å². The van der Waals surface area contributed by atoms with Gasteiger partial charge in [-0.05, 0) is 13.0 Å². The van der Waals surface area contributed by atoms with Crippen molar-refractivity contribution in [3.8, 4) is 0 Å². The first-order valence-electron chi connectivity index (χ1n) is 7.82. The van der Waals surface area contributed by atoms with Crippen LogP contribution in [0.25, 0.3) is 0 Å². The maximum absolute atomic E-state index is 10.2. The second kappa shape index (κ2) is 16.4. The summed E-state index contributed by atoms with van der Waals surface area (Å²) >= 11 is 0.